The maximum absolute atomic E-state index is 4.73. The molecule has 0 aliphatic carbocycles. The zero-order chi connectivity index (χ0) is 17.1. The van der Waals surface area contributed by atoms with Gasteiger partial charge in [-0.2, -0.15) is 0 Å². The molecule has 0 saturated heterocycles. The Kier molecular flexibility index (Phi) is 2.64. The van der Waals surface area contributed by atoms with Crippen LogP contribution in [0.15, 0.2) is 85.2 Å². The van der Waals surface area contributed by atoms with E-state index >= 15 is 0 Å². The monoisotopic (exact) mass is 330 g/mol. The Morgan fingerprint density at radius 2 is 0.769 bits per heavy atom. The molecule has 0 aliphatic rings. The molecule has 0 saturated carbocycles. The van der Waals surface area contributed by atoms with Crippen LogP contribution < -0.4 is 0 Å². The van der Waals surface area contributed by atoms with Crippen LogP contribution in [0.2, 0.25) is 0 Å². The molecular formula is C24H14N2. The molecule has 2 heterocycles. The van der Waals surface area contributed by atoms with Gasteiger partial charge in [0.1, 0.15) is 0 Å². The summed E-state index contributed by atoms with van der Waals surface area (Å²) in [4.78, 5) is 9.46. The van der Waals surface area contributed by atoms with E-state index in [9.17, 15) is 0 Å². The molecule has 2 aromatic heterocycles. The van der Waals surface area contributed by atoms with Crippen molar-refractivity contribution in [3.8, 4) is 0 Å². The zero-order valence-electron chi connectivity index (χ0n) is 14.0. The molecule has 0 radical (unpaired) electrons. The van der Waals surface area contributed by atoms with Crippen LogP contribution in [-0.4, -0.2) is 9.97 Å². The van der Waals surface area contributed by atoms with E-state index in [4.69, 9.17) is 9.97 Å². The molecule has 6 rings (SSSR count). The summed E-state index contributed by atoms with van der Waals surface area (Å²) in [6.45, 7) is 0. The van der Waals surface area contributed by atoms with Crippen molar-refractivity contribution in [1.82, 2.24) is 9.97 Å². The van der Waals surface area contributed by atoms with Gasteiger partial charge in [-0.05, 0) is 22.9 Å². The fourth-order valence-electron chi connectivity index (χ4n) is 4.29. The average Bonchev–Trinajstić information content (AvgIpc) is 2.73. The molecule has 0 bridgehead atoms. The highest BCUT2D eigenvalue weighted by atomic mass is 14.7. The Balaban J connectivity index is 2.14. The van der Waals surface area contributed by atoms with E-state index in [2.05, 4.69) is 60.7 Å². The standard InChI is InChI=1S/C24H14N2/c1-3-9-17-15(7-1)21-19-11-5-14-26-24(19)18-10-4-2-8-16(18)22(21)20-12-6-13-25-23(17)20/h1-14H. The Hall–Kier alpha value is -3.52. The minimum atomic E-state index is 1.06. The van der Waals surface area contributed by atoms with Crippen LogP contribution in [0.25, 0.3) is 54.1 Å². The average molecular weight is 330 g/mol. The van der Waals surface area contributed by atoms with Gasteiger partial charge in [-0.3, -0.25) is 9.97 Å². The number of nitrogens with zero attached hydrogens (tertiary/aromatic N) is 2. The Morgan fingerprint density at radius 3 is 1.23 bits per heavy atom. The third kappa shape index (κ3) is 1.66. The van der Waals surface area contributed by atoms with E-state index in [-0.39, 0.29) is 0 Å². The summed E-state index contributed by atoms with van der Waals surface area (Å²) in [5.41, 5.74) is 2.12. The summed E-state index contributed by atoms with van der Waals surface area (Å²) in [5.74, 6) is 0. The van der Waals surface area contributed by atoms with Crippen molar-refractivity contribution >= 4 is 54.1 Å². The first-order valence-electron chi connectivity index (χ1n) is 8.78. The summed E-state index contributed by atoms with van der Waals surface area (Å²) in [6, 6.07) is 25.5. The van der Waals surface area contributed by atoms with Crippen molar-refractivity contribution in [1.29, 1.82) is 0 Å². The third-order valence-electron chi connectivity index (χ3n) is 5.31. The van der Waals surface area contributed by atoms with E-state index in [0.717, 1.165) is 11.0 Å². The first kappa shape index (κ1) is 13.7. The molecule has 2 nitrogen and oxygen atoms in total. The van der Waals surface area contributed by atoms with Crippen LogP contribution in [0.1, 0.15) is 0 Å². The van der Waals surface area contributed by atoms with E-state index in [1.165, 1.54) is 43.1 Å². The predicted molar refractivity (Wildman–Crippen MR) is 110 cm³/mol. The largest absolute Gasteiger partial charge is 0.256 e. The highest BCUT2D eigenvalue weighted by molar-refractivity contribution is 6.38. The molecule has 6 aromatic rings. The number of hydrogen-bond acceptors (Lipinski definition) is 2. The van der Waals surface area contributed by atoms with Crippen LogP contribution in [0, 0.1) is 0 Å². The normalized spacial score (nSPS) is 11.8. The highest BCUT2D eigenvalue weighted by Gasteiger charge is 2.15. The van der Waals surface area contributed by atoms with Gasteiger partial charge in [0, 0.05) is 44.7 Å². The van der Waals surface area contributed by atoms with Crippen molar-refractivity contribution in [2.75, 3.05) is 0 Å². The zero-order valence-corrected chi connectivity index (χ0v) is 14.0. The topological polar surface area (TPSA) is 25.8 Å². The molecule has 0 spiro atoms. The lowest BCUT2D eigenvalue weighted by atomic mass is 9.90. The van der Waals surface area contributed by atoms with Crippen molar-refractivity contribution in [3.05, 3.63) is 85.2 Å². The van der Waals surface area contributed by atoms with Gasteiger partial charge in [-0.1, -0.05) is 60.7 Å². The lowest BCUT2D eigenvalue weighted by molar-refractivity contribution is 1.43. The van der Waals surface area contributed by atoms with Crippen LogP contribution >= 0.6 is 0 Å². The number of hydrogen-bond donors (Lipinski definition) is 0. The maximum atomic E-state index is 4.73. The number of rotatable bonds is 0. The lowest BCUT2D eigenvalue weighted by Crippen LogP contribution is -1.90. The second-order valence-electron chi connectivity index (χ2n) is 6.64. The van der Waals surface area contributed by atoms with Gasteiger partial charge in [0.05, 0.1) is 11.0 Å². The molecule has 0 fully saturated rings. The molecule has 0 unspecified atom stereocenters. The van der Waals surface area contributed by atoms with Gasteiger partial charge in [-0.25, -0.2) is 0 Å². The lowest BCUT2D eigenvalue weighted by Gasteiger charge is -2.15. The molecular weight excluding hydrogens is 316 g/mol. The molecule has 26 heavy (non-hydrogen) atoms. The third-order valence-corrected chi connectivity index (χ3v) is 5.31. The van der Waals surface area contributed by atoms with E-state index in [0.29, 0.717) is 0 Å². The fraction of sp³-hybridized carbons (Fsp3) is 0. The predicted octanol–water partition coefficient (Wildman–Crippen LogP) is 6.24. The van der Waals surface area contributed by atoms with Gasteiger partial charge >= 0.3 is 0 Å². The molecule has 0 amide bonds. The molecule has 2 heteroatoms. The SMILES string of the molecule is c1ccc2c(c1)c1ncccc1c1c3ccccc3c3ncccc3c21. The number of fused-ring (bicyclic) bond motifs is 11. The minimum Gasteiger partial charge on any atom is -0.256 e. The van der Waals surface area contributed by atoms with E-state index in [1.54, 1.807) is 0 Å². The number of aromatic nitrogens is 2. The van der Waals surface area contributed by atoms with Crippen LogP contribution in [-0.2, 0) is 0 Å². The van der Waals surface area contributed by atoms with E-state index in [1.807, 2.05) is 24.5 Å². The molecule has 0 atom stereocenters. The van der Waals surface area contributed by atoms with Gasteiger partial charge in [0.25, 0.3) is 0 Å². The van der Waals surface area contributed by atoms with Crippen LogP contribution in [0.4, 0.5) is 0 Å². The minimum absolute atomic E-state index is 1.06. The Bertz CT molecular complexity index is 1260. The van der Waals surface area contributed by atoms with Gasteiger partial charge in [0.2, 0.25) is 0 Å². The summed E-state index contributed by atoms with van der Waals surface area (Å²) in [7, 11) is 0. The van der Waals surface area contributed by atoms with Gasteiger partial charge < -0.3 is 0 Å². The molecule has 120 valence electrons. The maximum Gasteiger partial charge on any atom is 0.0786 e. The van der Waals surface area contributed by atoms with Crippen molar-refractivity contribution < 1.29 is 0 Å². The second kappa shape index (κ2) is 4.99. The van der Waals surface area contributed by atoms with Crippen LogP contribution in [0.5, 0.6) is 0 Å². The first-order valence-corrected chi connectivity index (χ1v) is 8.78. The quantitative estimate of drug-likeness (QED) is 0.308. The van der Waals surface area contributed by atoms with Gasteiger partial charge in [-0.15, -0.1) is 0 Å². The first-order chi connectivity index (χ1) is 12.9. The fourth-order valence-corrected chi connectivity index (χ4v) is 4.29. The summed E-state index contributed by atoms with van der Waals surface area (Å²) < 4.78 is 0. The number of pyridine rings is 2. The highest BCUT2D eigenvalue weighted by Crippen LogP contribution is 2.42. The Morgan fingerprint density at radius 1 is 0.385 bits per heavy atom. The van der Waals surface area contributed by atoms with Crippen molar-refractivity contribution in [2.45, 2.75) is 0 Å². The van der Waals surface area contributed by atoms with Crippen molar-refractivity contribution in [3.63, 3.8) is 0 Å². The smallest absolute Gasteiger partial charge is 0.0786 e. The molecule has 4 aromatic carbocycles. The molecule has 0 aliphatic heterocycles. The van der Waals surface area contributed by atoms with Gasteiger partial charge in [0.15, 0.2) is 0 Å². The summed E-state index contributed by atoms with van der Waals surface area (Å²) >= 11 is 0. The summed E-state index contributed by atoms with van der Waals surface area (Å²) in [5, 5.41) is 9.78. The van der Waals surface area contributed by atoms with Crippen molar-refractivity contribution in [2.24, 2.45) is 0 Å². The Labute approximate surface area is 149 Å². The number of benzene rings is 4. The second-order valence-corrected chi connectivity index (χ2v) is 6.64. The van der Waals surface area contributed by atoms with E-state index < -0.39 is 0 Å². The van der Waals surface area contributed by atoms with Crippen LogP contribution in [0.3, 0.4) is 0 Å². The molecule has 0 N–H and O–H groups in total. The summed E-state index contributed by atoms with van der Waals surface area (Å²) in [6.07, 6.45) is 3.76.